The molecule has 0 radical (unpaired) electrons. The van der Waals surface area contributed by atoms with Gasteiger partial charge in [-0.05, 0) is 18.5 Å². The fourth-order valence-electron chi connectivity index (χ4n) is 2.13. The smallest absolute Gasteiger partial charge is 0.249 e. The number of nitrogens with zero attached hydrogens (tertiary/aromatic N) is 3. The van der Waals surface area contributed by atoms with Crippen molar-refractivity contribution in [2.75, 3.05) is 23.4 Å². The van der Waals surface area contributed by atoms with Crippen molar-refractivity contribution in [3.05, 3.63) is 11.5 Å². The lowest BCUT2D eigenvalue weighted by atomic mass is 10.1. The van der Waals surface area contributed by atoms with Crippen LogP contribution >= 0.6 is 11.6 Å². The summed E-state index contributed by atoms with van der Waals surface area (Å²) in [5, 5.41) is 2.94. The van der Waals surface area contributed by atoms with Gasteiger partial charge in [-0.2, -0.15) is 4.98 Å². The van der Waals surface area contributed by atoms with Gasteiger partial charge in [-0.25, -0.2) is 4.98 Å². The summed E-state index contributed by atoms with van der Waals surface area (Å²) >= 11 is 5.79. The zero-order valence-electron chi connectivity index (χ0n) is 9.18. The van der Waals surface area contributed by atoms with Crippen LogP contribution in [0.4, 0.5) is 11.5 Å². The number of morpholine rings is 1. The summed E-state index contributed by atoms with van der Waals surface area (Å²) in [6.45, 7) is 2.96. The SMILES string of the molecule is C[C@@H]1CN2c3nc(Cl)ncc3NC(=O)C2CO1. The number of nitrogens with one attached hydrogen (secondary N) is 1. The zero-order valence-corrected chi connectivity index (χ0v) is 9.94. The molecule has 17 heavy (non-hydrogen) atoms. The Balaban J connectivity index is 2.05. The predicted molar refractivity (Wildman–Crippen MR) is 62.2 cm³/mol. The lowest BCUT2D eigenvalue weighted by molar-refractivity contribution is -0.121. The van der Waals surface area contributed by atoms with Crippen LogP contribution < -0.4 is 10.2 Å². The van der Waals surface area contributed by atoms with E-state index < -0.39 is 0 Å². The van der Waals surface area contributed by atoms with Crippen molar-refractivity contribution < 1.29 is 9.53 Å². The lowest BCUT2D eigenvalue weighted by Crippen LogP contribution is -2.57. The minimum Gasteiger partial charge on any atom is -0.374 e. The number of amides is 1. The van der Waals surface area contributed by atoms with Gasteiger partial charge in [-0.15, -0.1) is 0 Å². The highest BCUT2D eigenvalue weighted by Gasteiger charge is 2.38. The molecule has 6 nitrogen and oxygen atoms in total. The van der Waals surface area contributed by atoms with Crippen molar-refractivity contribution in [1.29, 1.82) is 0 Å². The second kappa shape index (κ2) is 3.82. The van der Waals surface area contributed by atoms with Crippen LogP contribution in [0.2, 0.25) is 5.28 Å². The second-order valence-corrected chi connectivity index (χ2v) is 4.52. The molecule has 1 aromatic rings. The predicted octanol–water partition coefficient (Wildman–Crippen LogP) is 0.676. The van der Waals surface area contributed by atoms with E-state index in [-0.39, 0.29) is 23.3 Å². The summed E-state index contributed by atoms with van der Waals surface area (Å²) in [6.07, 6.45) is 1.59. The van der Waals surface area contributed by atoms with E-state index in [0.29, 0.717) is 24.7 Å². The first kappa shape index (κ1) is 10.7. The van der Waals surface area contributed by atoms with Crippen molar-refractivity contribution in [1.82, 2.24) is 9.97 Å². The van der Waals surface area contributed by atoms with Crippen molar-refractivity contribution in [2.45, 2.75) is 19.1 Å². The van der Waals surface area contributed by atoms with Crippen LogP contribution in [0.3, 0.4) is 0 Å². The van der Waals surface area contributed by atoms with Crippen LogP contribution in [0.5, 0.6) is 0 Å². The molecule has 1 saturated heterocycles. The molecule has 1 N–H and O–H groups in total. The van der Waals surface area contributed by atoms with Crippen LogP contribution in [-0.4, -0.2) is 41.2 Å². The first-order chi connectivity index (χ1) is 8.15. The Morgan fingerprint density at radius 1 is 1.65 bits per heavy atom. The number of hydrogen-bond acceptors (Lipinski definition) is 5. The molecule has 2 aliphatic rings. The van der Waals surface area contributed by atoms with E-state index in [4.69, 9.17) is 16.3 Å². The van der Waals surface area contributed by atoms with Crippen molar-refractivity contribution in [2.24, 2.45) is 0 Å². The highest BCUT2D eigenvalue weighted by Crippen LogP contribution is 2.32. The minimum absolute atomic E-state index is 0.0683. The second-order valence-electron chi connectivity index (χ2n) is 4.18. The van der Waals surface area contributed by atoms with Crippen molar-refractivity contribution in [3.8, 4) is 0 Å². The van der Waals surface area contributed by atoms with E-state index >= 15 is 0 Å². The van der Waals surface area contributed by atoms with Gasteiger partial charge in [0.25, 0.3) is 0 Å². The topological polar surface area (TPSA) is 67.4 Å². The molecular formula is C10H11ClN4O2. The van der Waals surface area contributed by atoms with Gasteiger partial charge in [0.05, 0.1) is 18.9 Å². The molecule has 0 aliphatic carbocycles. The summed E-state index contributed by atoms with van der Waals surface area (Å²) in [6, 6.07) is -0.329. The number of rotatable bonds is 0. The number of fused-ring (bicyclic) bond motifs is 3. The van der Waals surface area contributed by atoms with Gasteiger partial charge < -0.3 is 15.0 Å². The normalized spacial score (nSPS) is 27.2. The molecule has 90 valence electrons. The van der Waals surface area contributed by atoms with Crippen LogP contribution in [-0.2, 0) is 9.53 Å². The lowest BCUT2D eigenvalue weighted by Gasteiger charge is -2.41. The highest BCUT2D eigenvalue weighted by atomic mass is 35.5. The Labute approximate surface area is 103 Å². The molecular weight excluding hydrogens is 244 g/mol. The average Bonchev–Trinajstić information content (AvgIpc) is 2.30. The first-order valence-corrected chi connectivity index (χ1v) is 5.74. The first-order valence-electron chi connectivity index (χ1n) is 5.37. The molecule has 1 fully saturated rings. The Kier molecular flexibility index (Phi) is 2.41. The van der Waals surface area contributed by atoms with Crippen LogP contribution in [0.25, 0.3) is 0 Å². The van der Waals surface area contributed by atoms with Crippen molar-refractivity contribution in [3.63, 3.8) is 0 Å². The third-order valence-electron chi connectivity index (χ3n) is 2.94. The standard InChI is InChI=1S/C10H11ClN4O2/c1-5-3-15-7(4-17-5)9(16)13-6-2-12-10(11)14-8(6)15/h2,5,7H,3-4H2,1H3,(H,13,16)/t5-,7?/m1/s1. The van der Waals surface area contributed by atoms with E-state index in [9.17, 15) is 4.79 Å². The number of ether oxygens (including phenoxy) is 1. The van der Waals surface area contributed by atoms with E-state index in [1.54, 1.807) is 0 Å². The third kappa shape index (κ3) is 1.73. The molecule has 7 heteroatoms. The maximum absolute atomic E-state index is 11.9. The third-order valence-corrected chi connectivity index (χ3v) is 3.12. The molecule has 0 aromatic carbocycles. The van der Waals surface area contributed by atoms with Gasteiger partial charge in [0.2, 0.25) is 11.2 Å². The van der Waals surface area contributed by atoms with E-state index in [2.05, 4.69) is 15.3 Å². The Morgan fingerprint density at radius 3 is 3.29 bits per heavy atom. The summed E-state index contributed by atoms with van der Waals surface area (Å²) in [5.74, 6) is 0.583. The van der Waals surface area contributed by atoms with Crippen LogP contribution in [0, 0.1) is 0 Å². The number of anilines is 2. The molecule has 3 rings (SSSR count). The molecule has 1 aromatic heterocycles. The van der Waals surface area contributed by atoms with Gasteiger partial charge in [0, 0.05) is 6.54 Å². The zero-order chi connectivity index (χ0) is 12.0. The number of aromatic nitrogens is 2. The van der Waals surface area contributed by atoms with Gasteiger partial charge in [0.15, 0.2) is 5.82 Å². The Morgan fingerprint density at radius 2 is 2.47 bits per heavy atom. The molecule has 2 aliphatic heterocycles. The minimum atomic E-state index is -0.329. The van der Waals surface area contributed by atoms with E-state index in [1.165, 1.54) is 6.20 Å². The van der Waals surface area contributed by atoms with Gasteiger partial charge in [0.1, 0.15) is 11.7 Å². The van der Waals surface area contributed by atoms with E-state index in [0.717, 1.165) is 0 Å². The van der Waals surface area contributed by atoms with Gasteiger partial charge in [-0.1, -0.05) is 0 Å². The number of carbonyl (C=O) groups is 1. The fourth-order valence-corrected chi connectivity index (χ4v) is 2.26. The maximum Gasteiger partial charge on any atom is 0.249 e. The Bertz CT molecular complexity index is 481. The largest absolute Gasteiger partial charge is 0.374 e. The molecule has 0 spiro atoms. The van der Waals surface area contributed by atoms with Crippen molar-refractivity contribution >= 4 is 29.0 Å². The molecule has 0 bridgehead atoms. The Hall–Kier alpha value is -1.40. The highest BCUT2D eigenvalue weighted by molar-refractivity contribution is 6.28. The average molecular weight is 255 g/mol. The van der Waals surface area contributed by atoms with Crippen LogP contribution in [0.15, 0.2) is 6.20 Å². The number of carbonyl (C=O) groups excluding carboxylic acids is 1. The van der Waals surface area contributed by atoms with Gasteiger partial charge in [-0.3, -0.25) is 4.79 Å². The monoisotopic (exact) mass is 254 g/mol. The molecule has 1 unspecified atom stereocenters. The number of halogens is 1. The fraction of sp³-hybridized carbons (Fsp3) is 0.500. The molecule has 0 saturated carbocycles. The molecule has 3 heterocycles. The van der Waals surface area contributed by atoms with E-state index in [1.807, 2.05) is 11.8 Å². The van der Waals surface area contributed by atoms with Gasteiger partial charge >= 0.3 is 0 Å². The summed E-state index contributed by atoms with van der Waals surface area (Å²) < 4.78 is 5.48. The molecule has 1 amide bonds. The molecule has 2 atom stereocenters. The summed E-state index contributed by atoms with van der Waals surface area (Å²) in [5.41, 5.74) is 0.602. The number of hydrogen-bond donors (Lipinski definition) is 1. The van der Waals surface area contributed by atoms with Crippen LogP contribution in [0.1, 0.15) is 6.92 Å². The quantitative estimate of drug-likeness (QED) is 0.690. The summed E-state index contributed by atoms with van der Waals surface area (Å²) in [4.78, 5) is 21.8. The summed E-state index contributed by atoms with van der Waals surface area (Å²) in [7, 11) is 0. The maximum atomic E-state index is 11.9.